The van der Waals surface area contributed by atoms with Crippen LogP contribution in [0, 0.1) is 5.92 Å². The van der Waals surface area contributed by atoms with Gasteiger partial charge in [-0.1, -0.05) is 13.8 Å². The fraction of sp³-hybridized carbons (Fsp3) is 0.571. The van der Waals surface area contributed by atoms with Crippen molar-refractivity contribution >= 4 is 11.8 Å². The predicted octanol–water partition coefficient (Wildman–Crippen LogP) is 1.35. The molecule has 0 saturated carbocycles. The molecule has 2 rings (SSSR count). The molecule has 2 heterocycles. The molecule has 0 bridgehead atoms. The lowest BCUT2D eigenvalue weighted by Gasteiger charge is -2.23. The Morgan fingerprint density at radius 1 is 1.16 bits per heavy atom. The Hall–Kier alpha value is -1.78. The second-order valence-corrected chi connectivity index (χ2v) is 5.23. The number of carbonyl (C=O) groups is 2. The van der Waals surface area contributed by atoms with Crippen LogP contribution in [0.25, 0.3) is 0 Å². The first-order chi connectivity index (χ1) is 9.09. The normalized spacial score (nSPS) is 16.6. The Kier molecular flexibility index (Phi) is 4.24. The first-order valence-electron chi connectivity index (χ1n) is 6.80. The van der Waals surface area contributed by atoms with Crippen LogP contribution in [0.15, 0.2) is 18.5 Å². The molecule has 0 atom stereocenters. The first kappa shape index (κ1) is 13.6. The van der Waals surface area contributed by atoms with E-state index in [0.717, 1.165) is 13.0 Å². The molecular weight excluding hydrogens is 242 g/mol. The summed E-state index contributed by atoms with van der Waals surface area (Å²) >= 11 is 0. The molecule has 2 amide bonds. The molecular formula is C14H21N3O2. The lowest BCUT2D eigenvalue weighted by Crippen LogP contribution is -2.38. The van der Waals surface area contributed by atoms with Crippen LogP contribution in [0.5, 0.6) is 0 Å². The van der Waals surface area contributed by atoms with E-state index >= 15 is 0 Å². The summed E-state index contributed by atoms with van der Waals surface area (Å²) in [5.41, 5.74) is 0.684. The summed E-state index contributed by atoms with van der Waals surface area (Å²) in [5.74, 6) is 0.239. The Bertz CT molecular complexity index is 440. The zero-order valence-corrected chi connectivity index (χ0v) is 11.6. The average Bonchev–Trinajstić information content (AvgIpc) is 2.81. The minimum Gasteiger partial charge on any atom is -0.367 e. The number of carbonyl (C=O) groups excluding carboxylic acids is 2. The van der Waals surface area contributed by atoms with E-state index in [-0.39, 0.29) is 17.7 Å². The molecule has 1 aromatic heterocycles. The lowest BCUT2D eigenvalue weighted by molar-refractivity contribution is -0.134. The van der Waals surface area contributed by atoms with E-state index in [9.17, 15) is 9.59 Å². The summed E-state index contributed by atoms with van der Waals surface area (Å²) in [7, 11) is 0. The molecule has 5 nitrogen and oxygen atoms in total. The van der Waals surface area contributed by atoms with Gasteiger partial charge in [0, 0.05) is 44.5 Å². The fourth-order valence-electron chi connectivity index (χ4n) is 2.35. The monoisotopic (exact) mass is 263 g/mol. The second kappa shape index (κ2) is 5.91. The van der Waals surface area contributed by atoms with Crippen LogP contribution in [0.2, 0.25) is 0 Å². The van der Waals surface area contributed by atoms with Gasteiger partial charge in [0.05, 0.1) is 5.56 Å². The van der Waals surface area contributed by atoms with Gasteiger partial charge in [-0.15, -0.1) is 0 Å². The van der Waals surface area contributed by atoms with Gasteiger partial charge in [0.25, 0.3) is 5.91 Å². The van der Waals surface area contributed by atoms with Gasteiger partial charge in [0.2, 0.25) is 5.91 Å². The van der Waals surface area contributed by atoms with Crippen molar-refractivity contribution < 1.29 is 9.59 Å². The molecule has 0 aromatic carbocycles. The molecule has 104 valence electrons. The van der Waals surface area contributed by atoms with Gasteiger partial charge < -0.3 is 14.8 Å². The number of H-pyrrole nitrogens is 1. The van der Waals surface area contributed by atoms with Crippen LogP contribution in [-0.4, -0.2) is 52.8 Å². The number of rotatable bonds is 2. The maximum absolute atomic E-state index is 12.2. The van der Waals surface area contributed by atoms with Crippen LogP contribution < -0.4 is 0 Å². The Balaban J connectivity index is 1.97. The van der Waals surface area contributed by atoms with Crippen molar-refractivity contribution in [2.24, 2.45) is 5.92 Å². The molecule has 1 N–H and O–H groups in total. The third kappa shape index (κ3) is 3.16. The highest BCUT2D eigenvalue weighted by molar-refractivity contribution is 5.94. The summed E-state index contributed by atoms with van der Waals surface area (Å²) in [6, 6.07) is 1.78. The molecule has 0 radical (unpaired) electrons. The number of hydrogen-bond donors (Lipinski definition) is 1. The van der Waals surface area contributed by atoms with Gasteiger partial charge in [-0.05, 0) is 12.5 Å². The molecule has 0 unspecified atom stereocenters. The van der Waals surface area contributed by atoms with E-state index in [4.69, 9.17) is 0 Å². The van der Waals surface area contributed by atoms with Crippen molar-refractivity contribution in [1.82, 2.24) is 14.8 Å². The molecule has 5 heteroatoms. The fourth-order valence-corrected chi connectivity index (χ4v) is 2.35. The average molecular weight is 263 g/mol. The van der Waals surface area contributed by atoms with Gasteiger partial charge >= 0.3 is 0 Å². The standard InChI is InChI=1S/C14H21N3O2/c1-11(2)13(18)16-6-3-7-17(9-8-16)14(19)12-4-5-15-10-12/h4-5,10-11,15H,3,6-9H2,1-2H3. The van der Waals surface area contributed by atoms with Gasteiger partial charge in [0.15, 0.2) is 0 Å². The van der Waals surface area contributed by atoms with Crippen LogP contribution in [0.4, 0.5) is 0 Å². The number of hydrogen-bond acceptors (Lipinski definition) is 2. The van der Waals surface area contributed by atoms with E-state index < -0.39 is 0 Å². The van der Waals surface area contributed by atoms with E-state index in [1.54, 1.807) is 18.5 Å². The SMILES string of the molecule is CC(C)C(=O)N1CCCN(C(=O)c2cc[nH]c2)CC1. The number of amides is 2. The maximum Gasteiger partial charge on any atom is 0.255 e. The van der Waals surface area contributed by atoms with Crippen molar-refractivity contribution in [3.8, 4) is 0 Å². The molecule has 1 saturated heterocycles. The van der Waals surface area contributed by atoms with Gasteiger partial charge in [0.1, 0.15) is 0 Å². The zero-order chi connectivity index (χ0) is 13.8. The van der Waals surface area contributed by atoms with Crippen LogP contribution in [-0.2, 0) is 4.79 Å². The summed E-state index contributed by atoms with van der Waals surface area (Å²) in [6.45, 7) is 6.53. The summed E-state index contributed by atoms with van der Waals surface area (Å²) in [5, 5.41) is 0. The van der Waals surface area contributed by atoms with E-state index in [1.165, 1.54) is 0 Å². The quantitative estimate of drug-likeness (QED) is 0.875. The first-order valence-corrected chi connectivity index (χ1v) is 6.80. The third-order valence-corrected chi connectivity index (χ3v) is 3.43. The molecule has 0 spiro atoms. The number of aromatic nitrogens is 1. The van der Waals surface area contributed by atoms with Crippen molar-refractivity contribution in [2.45, 2.75) is 20.3 Å². The van der Waals surface area contributed by atoms with Gasteiger partial charge in [-0.3, -0.25) is 9.59 Å². The third-order valence-electron chi connectivity index (χ3n) is 3.43. The minimum absolute atomic E-state index is 0.0203. The Morgan fingerprint density at radius 2 is 1.84 bits per heavy atom. The van der Waals surface area contributed by atoms with E-state index in [0.29, 0.717) is 25.2 Å². The van der Waals surface area contributed by atoms with Crippen molar-refractivity contribution in [1.29, 1.82) is 0 Å². The highest BCUT2D eigenvalue weighted by Gasteiger charge is 2.23. The van der Waals surface area contributed by atoms with Gasteiger partial charge in [-0.25, -0.2) is 0 Å². The second-order valence-electron chi connectivity index (χ2n) is 5.23. The molecule has 1 aliphatic heterocycles. The smallest absolute Gasteiger partial charge is 0.255 e. The lowest BCUT2D eigenvalue weighted by atomic mass is 10.2. The highest BCUT2D eigenvalue weighted by atomic mass is 16.2. The van der Waals surface area contributed by atoms with Crippen LogP contribution in [0.3, 0.4) is 0 Å². The topological polar surface area (TPSA) is 56.4 Å². The number of nitrogens with zero attached hydrogens (tertiary/aromatic N) is 2. The maximum atomic E-state index is 12.2. The molecule has 1 fully saturated rings. The van der Waals surface area contributed by atoms with E-state index in [2.05, 4.69) is 4.98 Å². The number of aromatic amines is 1. The predicted molar refractivity (Wildman–Crippen MR) is 72.7 cm³/mol. The summed E-state index contributed by atoms with van der Waals surface area (Å²) in [6.07, 6.45) is 4.30. The van der Waals surface area contributed by atoms with Crippen molar-refractivity contribution in [2.75, 3.05) is 26.2 Å². The summed E-state index contributed by atoms with van der Waals surface area (Å²) in [4.78, 5) is 30.8. The highest BCUT2D eigenvalue weighted by Crippen LogP contribution is 2.11. The van der Waals surface area contributed by atoms with E-state index in [1.807, 2.05) is 23.6 Å². The molecule has 1 aliphatic rings. The van der Waals surface area contributed by atoms with Crippen LogP contribution >= 0.6 is 0 Å². The molecule has 19 heavy (non-hydrogen) atoms. The Labute approximate surface area is 113 Å². The van der Waals surface area contributed by atoms with Crippen molar-refractivity contribution in [3.05, 3.63) is 24.0 Å². The largest absolute Gasteiger partial charge is 0.367 e. The van der Waals surface area contributed by atoms with Crippen molar-refractivity contribution in [3.63, 3.8) is 0 Å². The van der Waals surface area contributed by atoms with Gasteiger partial charge in [-0.2, -0.15) is 0 Å². The molecule has 1 aromatic rings. The zero-order valence-electron chi connectivity index (χ0n) is 11.6. The minimum atomic E-state index is 0.0203. The number of nitrogens with one attached hydrogen (secondary N) is 1. The Morgan fingerprint density at radius 3 is 2.47 bits per heavy atom. The molecule has 0 aliphatic carbocycles. The summed E-state index contributed by atoms with van der Waals surface area (Å²) < 4.78 is 0. The van der Waals surface area contributed by atoms with Crippen LogP contribution in [0.1, 0.15) is 30.6 Å².